The molecule has 1 aliphatic rings. The fraction of sp³-hybridized carbons (Fsp3) is 0.355. The zero-order valence-corrected chi connectivity index (χ0v) is 25.0. The first-order chi connectivity index (χ1) is 20.3. The highest BCUT2D eigenvalue weighted by Crippen LogP contribution is 2.26. The highest BCUT2D eigenvalue weighted by molar-refractivity contribution is 7.92. The van der Waals surface area contributed by atoms with Crippen molar-refractivity contribution >= 4 is 27.5 Å². The zero-order chi connectivity index (χ0) is 30.0. The van der Waals surface area contributed by atoms with Gasteiger partial charge in [-0.25, -0.2) is 0 Å². The van der Waals surface area contributed by atoms with Crippen LogP contribution in [0.2, 0.25) is 0 Å². The molecule has 0 radical (unpaired) electrons. The van der Waals surface area contributed by atoms with Crippen LogP contribution in [0, 0.1) is 0 Å². The Kier molecular flexibility index (Phi) is 10.9. The van der Waals surface area contributed by atoms with Gasteiger partial charge in [-0.1, -0.05) is 54.7 Å². The van der Waals surface area contributed by atoms with Gasteiger partial charge < -0.3 is 20.0 Å². The first-order valence-electron chi connectivity index (χ1n) is 14.3. The number of hydrogen-bond acceptors (Lipinski definition) is 7. The second-order valence-electron chi connectivity index (χ2n) is 9.93. The molecular formula is C31H39N5O5S. The van der Waals surface area contributed by atoms with E-state index in [-0.39, 0.29) is 22.9 Å². The number of benzene rings is 3. The Labute approximate surface area is 248 Å². The van der Waals surface area contributed by atoms with Gasteiger partial charge in [0, 0.05) is 44.8 Å². The highest BCUT2D eigenvalue weighted by atomic mass is 32.2. The van der Waals surface area contributed by atoms with Gasteiger partial charge in [0.05, 0.1) is 17.1 Å². The van der Waals surface area contributed by atoms with Crippen molar-refractivity contribution in [2.24, 2.45) is 0 Å². The van der Waals surface area contributed by atoms with Crippen molar-refractivity contribution in [3.63, 3.8) is 0 Å². The largest absolute Gasteiger partial charge is 0.364 e. The summed E-state index contributed by atoms with van der Waals surface area (Å²) in [5.41, 5.74) is 0.574. The Balaban J connectivity index is 1.33. The summed E-state index contributed by atoms with van der Waals surface area (Å²) in [7, 11) is -4.14. The molecule has 0 bridgehead atoms. The van der Waals surface area contributed by atoms with Crippen LogP contribution < -0.4 is 14.6 Å². The highest BCUT2D eigenvalue weighted by Gasteiger charge is 2.28. The van der Waals surface area contributed by atoms with Crippen molar-refractivity contribution in [1.29, 1.82) is 0 Å². The van der Waals surface area contributed by atoms with Crippen LogP contribution in [0.4, 0.5) is 5.69 Å². The summed E-state index contributed by atoms with van der Waals surface area (Å²) in [4.78, 5) is 37.7. The fourth-order valence-corrected chi connectivity index (χ4v) is 5.91. The number of likely N-dealkylation sites (N-methyl/N-ethyl adjacent to an activating group) is 1. The molecule has 1 saturated heterocycles. The molecular weight excluding hydrogens is 554 g/mol. The van der Waals surface area contributed by atoms with Crippen LogP contribution in [0.3, 0.4) is 0 Å². The maximum absolute atomic E-state index is 13.6. The lowest BCUT2D eigenvalue weighted by Gasteiger charge is -2.35. The standard InChI is InChI=1S/C31H39N5O5S/c1-3-33(4-2)19-20-34-21-23-35(24-22-34)30(37)25-32-31(38)26-15-17-29(18-16-26)42(39,40)36(27-11-7-5-8-12-27)41-28-13-9-6-10-14-28/h5-18H,3-4,19-25H2,1-2H3,(H,32,38). The summed E-state index contributed by atoms with van der Waals surface area (Å²) in [6.07, 6.45) is 0. The minimum Gasteiger partial charge on any atom is -0.364 e. The number of piperazine rings is 1. The number of hydrogen-bond donors (Lipinski definition) is 1. The lowest BCUT2D eigenvalue weighted by molar-refractivity contribution is -0.131. The van der Waals surface area contributed by atoms with Gasteiger partial charge in [-0.15, -0.1) is 0 Å². The molecule has 0 saturated carbocycles. The van der Waals surface area contributed by atoms with E-state index < -0.39 is 15.9 Å². The van der Waals surface area contributed by atoms with Crippen molar-refractivity contribution in [3.8, 4) is 5.75 Å². The fourth-order valence-electron chi connectivity index (χ4n) is 4.65. The quantitative estimate of drug-likeness (QED) is 0.304. The smallest absolute Gasteiger partial charge is 0.295 e. The van der Waals surface area contributed by atoms with Gasteiger partial charge in [0.2, 0.25) is 5.91 Å². The SMILES string of the molecule is CCN(CC)CCN1CCN(C(=O)CNC(=O)c2ccc(S(=O)(=O)N(Oc3ccccc3)c3ccccc3)cc2)CC1. The van der Waals surface area contributed by atoms with Crippen LogP contribution in [0.15, 0.2) is 89.8 Å². The van der Waals surface area contributed by atoms with Crippen molar-refractivity contribution in [1.82, 2.24) is 20.0 Å². The molecule has 3 aromatic carbocycles. The molecule has 0 unspecified atom stereocenters. The molecule has 3 aromatic rings. The van der Waals surface area contributed by atoms with Crippen molar-refractivity contribution in [3.05, 3.63) is 90.5 Å². The molecule has 0 aliphatic carbocycles. The second-order valence-corrected chi connectivity index (χ2v) is 11.7. The molecule has 10 nitrogen and oxygen atoms in total. The van der Waals surface area contributed by atoms with Crippen LogP contribution in [-0.2, 0) is 14.8 Å². The average molecular weight is 594 g/mol. The molecule has 0 spiro atoms. The molecule has 1 heterocycles. The Hall–Kier alpha value is -3.93. The number of rotatable bonds is 13. The Bertz CT molecular complexity index is 1390. The van der Waals surface area contributed by atoms with E-state index in [0.29, 0.717) is 24.5 Å². The monoisotopic (exact) mass is 593 g/mol. The summed E-state index contributed by atoms with van der Waals surface area (Å²) in [5.74, 6) is -0.236. The number of para-hydroxylation sites is 2. The number of nitrogens with zero attached hydrogens (tertiary/aromatic N) is 4. The van der Waals surface area contributed by atoms with Crippen molar-refractivity contribution < 1.29 is 22.8 Å². The summed E-state index contributed by atoms with van der Waals surface area (Å²) in [6.45, 7) is 11.1. The minimum atomic E-state index is -4.14. The summed E-state index contributed by atoms with van der Waals surface area (Å²) in [6, 6.07) is 22.7. The molecule has 4 rings (SSSR count). The summed E-state index contributed by atoms with van der Waals surface area (Å²) in [5, 5.41) is 2.67. The van der Waals surface area contributed by atoms with E-state index in [2.05, 4.69) is 29.0 Å². The van der Waals surface area contributed by atoms with E-state index in [1.54, 1.807) is 65.6 Å². The molecule has 0 aromatic heterocycles. The van der Waals surface area contributed by atoms with Crippen LogP contribution in [-0.4, -0.2) is 93.8 Å². The third-order valence-corrected chi connectivity index (χ3v) is 8.87. The number of carbonyl (C=O) groups is 2. The zero-order valence-electron chi connectivity index (χ0n) is 24.2. The topological polar surface area (TPSA) is 102 Å². The van der Waals surface area contributed by atoms with Gasteiger partial charge in [-0.3, -0.25) is 14.5 Å². The molecule has 2 amide bonds. The Morgan fingerprint density at radius 1 is 0.833 bits per heavy atom. The van der Waals surface area contributed by atoms with Crippen LogP contribution in [0.5, 0.6) is 5.75 Å². The van der Waals surface area contributed by atoms with E-state index in [0.717, 1.165) is 43.7 Å². The number of nitrogens with one attached hydrogen (secondary N) is 1. The first-order valence-corrected chi connectivity index (χ1v) is 15.7. The maximum atomic E-state index is 13.6. The van der Waals surface area contributed by atoms with E-state index in [1.165, 1.54) is 24.3 Å². The predicted octanol–water partition coefficient (Wildman–Crippen LogP) is 3.09. The second kappa shape index (κ2) is 14.8. The lowest BCUT2D eigenvalue weighted by Crippen LogP contribution is -2.52. The maximum Gasteiger partial charge on any atom is 0.295 e. The molecule has 42 heavy (non-hydrogen) atoms. The third-order valence-electron chi connectivity index (χ3n) is 7.28. The van der Waals surface area contributed by atoms with Crippen molar-refractivity contribution in [2.45, 2.75) is 18.7 Å². The van der Waals surface area contributed by atoms with E-state index in [4.69, 9.17) is 4.84 Å². The molecule has 11 heteroatoms. The van der Waals surface area contributed by atoms with Gasteiger partial charge in [0.15, 0.2) is 5.75 Å². The van der Waals surface area contributed by atoms with Gasteiger partial charge >= 0.3 is 0 Å². The average Bonchev–Trinajstić information content (AvgIpc) is 3.04. The Morgan fingerprint density at radius 2 is 1.43 bits per heavy atom. The summed E-state index contributed by atoms with van der Waals surface area (Å²) < 4.78 is 28.0. The first kappa shape index (κ1) is 31.0. The molecule has 0 atom stereocenters. The van der Waals surface area contributed by atoms with Gasteiger partial charge in [-0.05, 0) is 61.6 Å². The number of carbonyl (C=O) groups excluding carboxylic acids is 2. The lowest BCUT2D eigenvalue weighted by atomic mass is 10.2. The van der Waals surface area contributed by atoms with Crippen LogP contribution >= 0.6 is 0 Å². The van der Waals surface area contributed by atoms with Gasteiger partial charge in [-0.2, -0.15) is 8.42 Å². The van der Waals surface area contributed by atoms with Gasteiger partial charge in [0.25, 0.3) is 15.9 Å². The van der Waals surface area contributed by atoms with E-state index in [9.17, 15) is 18.0 Å². The minimum absolute atomic E-state index is 0.0474. The van der Waals surface area contributed by atoms with Gasteiger partial charge in [0.1, 0.15) is 0 Å². The molecule has 1 N–H and O–H groups in total. The normalized spacial score (nSPS) is 14.0. The predicted molar refractivity (Wildman–Crippen MR) is 163 cm³/mol. The molecule has 1 aliphatic heterocycles. The molecule has 1 fully saturated rings. The van der Waals surface area contributed by atoms with E-state index in [1.807, 2.05) is 0 Å². The van der Waals surface area contributed by atoms with Crippen molar-refractivity contribution in [2.75, 3.05) is 63.4 Å². The Morgan fingerprint density at radius 3 is 2.02 bits per heavy atom. The van der Waals surface area contributed by atoms with Crippen LogP contribution in [0.25, 0.3) is 0 Å². The van der Waals surface area contributed by atoms with E-state index >= 15 is 0 Å². The number of amides is 2. The molecule has 224 valence electrons. The summed E-state index contributed by atoms with van der Waals surface area (Å²) >= 11 is 0. The number of anilines is 1. The third kappa shape index (κ3) is 8.09. The number of sulfonamides is 1. The van der Waals surface area contributed by atoms with Crippen LogP contribution in [0.1, 0.15) is 24.2 Å².